The monoisotopic (exact) mass is 597 g/mol. The fourth-order valence-corrected chi connectivity index (χ4v) is 6.64. The van der Waals surface area contributed by atoms with E-state index < -0.39 is 28.5 Å². The number of carbonyl (C=O) groups excluding carboxylic acids is 2. The topological polar surface area (TPSA) is 96.0 Å². The van der Waals surface area contributed by atoms with Gasteiger partial charge in [0.15, 0.2) is 0 Å². The second-order valence-electron chi connectivity index (χ2n) is 10.2. The van der Waals surface area contributed by atoms with E-state index in [0.717, 1.165) is 42.0 Å². The highest BCUT2D eigenvalue weighted by molar-refractivity contribution is 7.92. The summed E-state index contributed by atoms with van der Waals surface area (Å²) in [6, 6.07) is 20.7. The van der Waals surface area contributed by atoms with Crippen LogP contribution in [0.25, 0.3) is 0 Å². The van der Waals surface area contributed by atoms with Crippen LogP contribution in [0.15, 0.2) is 83.8 Å². The fraction of sp³-hybridized carbons (Fsp3) is 0.355. The van der Waals surface area contributed by atoms with E-state index in [2.05, 4.69) is 5.32 Å². The van der Waals surface area contributed by atoms with Crippen molar-refractivity contribution in [1.82, 2.24) is 10.2 Å². The minimum Gasteiger partial charge on any atom is -0.497 e. The second-order valence-corrected chi connectivity index (χ2v) is 12.5. The number of nitrogens with one attached hydrogen (secondary N) is 1. The molecule has 0 bridgehead atoms. The van der Waals surface area contributed by atoms with Gasteiger partial charge in [-0.3, -0.25) is 13.9 Å². The lowest BCUT2D eigenvalue weighted by molar-refractivity contribution is -0.139. The van der Waals surface area contributed by atoms with E-state index >= 15 is 0 Å². The van der Waals surface area contributed by atoms with E-state index in [-0.39, 0.29) is 29.1 Å². The number of hydrogen-bond acceptors (Lipinski definition) is 5. The van der Waals surface area contributed by atoms with Gasteiger partial charge in [-0.25, -0.2) is 8.42 Å². The van der Waals surface area contributed by atoms with E-state index in [4.69, 9.17) is 16.3 Å². The minimum absolute atomic E-state index is 0.0418. The molecule has 1 fully saturated rings. The van der Waals surface area contributed by atoms with Gasteiger partial charge in [-0.2, -0.15) is 0 Å². The number of rotatable bonds is 11. The first-order valence-electron chi connectivity index (χ1n) is 13.7. The molecule has 0 unspecified atom stereocenters. The number of halogens is 1. The number of hydrogen-bond donors (Lipinski definition) is 1. The van der Waals surface area contributed by atoms with E-state index in [1.165, 1.54) is 24.1 Å². The van der Waals surface area contributed by atoms with Crippen molar-refractivity contribution in [1.29, 1.82) is 0 Å². The molecular weight excluding hydrogens is 562 g/mol. The summed E-state index contributed by atoms with van der Waals surface area (Å²) in [7, 11) is -2.66. The Morgan fingerprint density at radius 2 is 1.68 bits per heavy atom. The van der Waals surface area contributed by atoms with Gasteiger partial charge in [0.1, 0.15) is 18.3 Å². The first-order chi connectivity index (χ1) is 19.7. The zero-order valence-electron chi connectivity index (χ0n) is 23.3. The Bertz CT molecular complexity index is 1440. The van der Waals surface area contributed by atoms with Gasteiger partial charge in [-0.15, -0.1) is 0 Å². The van der Waals surface area contributed by atoms with Crippen LogP contribution in [-0.4, -0.2) is 50.9 Å². The fourth-order valence-electron chi connectivity index (χ4n) is 5.00. The van der Waals surface area contributed by atoms with Crippen molar-refractivity contribution in [3.63, 3.8) is 0 Å². The number of carbonyl (C=O) groups is 2. The Balaban J connectivity index is 1.68. The smallest absolute Gasteiger partial charge is 0.264 e. The molecule has 10 heteroatoms. The normalized spacial score (nSPS) is 14.6. The maximum absolute atomic E-state index is 14.1. The second kappa shape index (κ2) is 13.9. The number of sulfonamides is 1. The van der Waals surface area contributed by atoms with Crippen molar-refractivity contribution in [2.45, 2.75) is 62.6 Å². The van der Waals surface area contributed by atoms with Crippen molar-refractivity contribution < 1.29 is 22.7 Å². The Labute approximate surface area is 247 Å². The molecule has 2 amide bonds. The summed E-state index contributed by atoms with van der Waals surface area (Å²) in [5, 5.41) is 3.60. The lowest BCUT2D eigenvalue weighted by atomic mass is 9.95. The van der Waals surface area contributed by atoms with Crippen LogP contribution >= 0.6 is 11.6 Å². The summed E-state index contributed by atoms with van der Waals surface area (Å²) in [6.07, 6.45) is 5.06. The molecule has 0 saturated heterocycles. The van der Waals surface area contributed by atoms with Crippen LogP contribution in [0.4, 0.5) is 5.69 Å². The van der Waals surface area contributed by atoms with Crippen molar-refractivity contribution in [2.75, 3.05) is 18.0 Å². The van der Waals surface area contributed by atoms with Crippen molar-refractivity contribution >= 4 is 39.1 Å². The van der Waals surface area contributed by atoms with Crippen LogP contribution in [0.2, 0.25) is 5.02 Å². The molecule has 1 saturated carbocycles. The number of ether oxygens (including phenoxy) is 1. The highest BCUT2D eigenvalue weighted by Crippen LogP contribution is 2.28. The third kappa shape index (κ3) is 7.80. The third-order valence-corrected chi connectivity index (χ3v) is 9.34. The minimum atomic E-state index is -4.15. The van der Waals surface area contributed by atoms with Crippen LogP contribution in [-0.2, 0) is 26.2 Å². The molecule has 0 aliphatic heterocycles. The van der Waals surface area contributed by atoms with Crippen LogP contribution in [0, 0.1) is 0 Å². The number of nitrogens with zero attached hydrogens (tertiary/aromatic N) is 2. The Hall–Kier alpha value is -3.56. The van der Waals surface area contributed by atoms with Gasteiger partial charge in [0, 0.05) is 23.7 Å². The average Bonchev–Trinajstić information content (AvgIpc) is 2.99. The third-order valence-electron chi connectivity index (χ3n) is 7.31. The zero-order valence-corrected chi connectivity index (χ0v) is 24.9. The lowest BCUT2D eigenvalue weighted by Gasteiger charge is -2.33. The molecule has 218 valence electrons. The number of methoxy groups -OCH3 is 1. The predicted molar refractivity (Wildman–Crippen MR) is 160 cm³/mol. The molecule has 1 aliphatic rings. The highest BCUT2D eigenvalue weighted by Gasteiger charge is 2.33. The number of benzene rings is 3. The molecule has 1 atom stereocenters. The number of anilines is 1. The lowest BCUT2D eigenvalue weighted by Crippen LogP contribution is -2.53. The molecule has 1 aliphatic carbocycles. The van der Waals surface area contributed by atoms with Gasteiger partial charge < -0.3 is 15.0 Å². The van der Waals surface area contributed by atoms with Gasteiger partial charge in [0.25, 0.3) is 10.0 Å². The summed E-state index contributed by atoms with van der Waals surface area (Å²) in [5.41, 5.74) is 0.991. The standard InChI is InChI=1S/C31H36ClN3O5S/c1-23(31(37)33-26-13-5-3-6-14-26)34(21-24-11-9-12-25(32)19-24)30(36)22-35(27-15-10-16-28(20-27)40-2)41(38,39)29-17-7-4-8-18-29/h4,7-12,15-20,23,26H,3,5-6,13-14,21-22H2,1-2H3,(H,33,37)/t23-/m0/s1. The van der Waals surface area contributed by atoms with Gasteiger partial charge in [0.2, 0.25) is 11.8 Å². The van der Waals surface area contributed by atoms with Gasteiger partial charge >= 0.3 is 0 Å². The summed E-state index contributed by atoms with van der Waals surface area (Å²) in [6.45, 7) is 1.23. The molecule has 41 heavy (non-hydrogen) atoms. The maximum atomic E-state index is 14.1. The van der Waals surface area contributed by atoms with Crippen molar-refractivity contribution in [2.24, 2.45) is 0 Å². The molecule has 0 spiro atoms. The Morgan fingerprint density at radius 3 is 2.37 bits per heavy atom. The molecule has 3 aromatic rings. The van der Waals surface area contributed by atoms with Gasteiger partial charge in [0.05, 0.1) is 17.7 Å². The highest BCUT2D eigenvalue weighted by atomic mass is 35.5. The van der Waals surface area contributed by atoms with Crippen molar-refractivity contribution in [3.05, 3.63) is 89.4 Å². The first-order valence-corrected chi connectivity index (χ1v) is 15.6. The molecular formula is C31H36ClN3O5S. The van der Waals surface area contributed by atoms with E-state index in [1.54, 1.807) is 67.6 Å². The van der Waals surface area contributed by atoms with Gasteiger partial charge in [-0.1, -0.05) is 67.3 Å². The molecule has 1 N–H and O–H groups in total. The van der Waals surface area contributed by atoms with Gasteiger partial charge in [-0.05, 0) is 61.7 Å². The molecule has 3 aromatic carbocycles. The Kier molecular flexibility index (Phi) is 10.3. The molecule has 4 rings (SSSR count). The first kappa shape index (κ1) is 30.4. The zero-order chi connectivity index (χ0) is 29.4. The molecule has 0 heterocycles. The van der Waals surface area contributed by atoms with E-state index in [1.807, 2.05) is 6.07 Å². The predicted octanol–water partition coefficient (Wildman–Crippen LogP) is 5.41. The summed E-state index contributed by atoms with van der Waals surface area (Å²) in [5.74, 6) is -0.357. The summed E-state index contributed by atoms with van der Waals surface area (Å²) in [4.78, 5) is 28.9. The molecule has 0 radical (unpaired) electrons. The average molecular weight is 598 g/mol. The van der Waals surface area contributed by atoms with E-state index in [9.17, 15) is 18.0 Å². The number of amides is 2. The maximum Gasteiger partial charge on any atom is 0.264 e. The molecule has 0 aromatic heterocycles. The van der Waals surface area contributed by atoms with Crippen LogP contribution in [0.5, 0.6) is 5.75 Å². The van der Waals surface area contributed by atoms with Crippen molar-refractivity contribution in [3.8, 4) is 5.75 Å². The van der Waals surface area contributed by atoms with E-state index in [0.29, 0.717) is 10.8 Å². The SMILES string of the molecule is COc1cccc(N(CC(=O)N(Cc2cccc(Cl)c2)[C@@H](C)C(=O)NC2CCCCC2)S(=O)(=O)c2ccccc2)c1. The van der Waals surface area contributed by atoms with Crippen LogP contribution < -0.4 is 14.4 Å². The Morgan fingerprint density at radius 1 is 0.976 bits per heavy atom. The summed E-state index contributed by atoms with van der Waals surface area (Å²) < 4.78 is 34.1. The van der Waals surface area contributed by atoms with Crippen LogP contribution in [0.3, 0.4) is 0 Å². The quantitative estimate of drug-likeness (QED) is 0.319. The molecule has 8 nitrogen and oxygen atoms in total. The van der Waals surface area contributed by atoms with Crippen LogP contribution in [0.1, 0.15) is 44.6 Å². The largest absolute Gasteiger partial charge is 0.497 e. The summed E-state index contributed by atoms with van der Waals surface area (Å²) >= 11 is 6.22.